The third-order valence-electron chi connectivity index (χ3n) is 4.03. The lowest BCUT2D eigenvalue weighted by Crippen LogP contribution is -2.60. The Morgan fingerprint density at radius 2 is 2.05 bits per heavy atom. The SMILES string of the molecule is CC1(C)CN(c2cc(Cl)cn3cncc23)CCN1S(C)(=O)=O. The lowest BCUT2D eigenvalue weighted by molar-refractivity contribution is 0.206. The van der Waals surface area contributed by atoms with E-state index in [9.17, 15) is 8.42 Å². The molecular weight excluding hydrogens is 324 g/mol. The lowest BCUT2D eigenvalue weighted by Gasteiger charge is -2.46. The normalized spacial score (nSPS) is 19.7. The minimum Gasteiger partial charge on any atom is -0.367 e. The van der Waals surface area contributed by atoms with Gasteiger partial charge >= 0.3 is 0 Å². The number of halogens is 1. The van der Waals surface area contributed by atoms with Crippen LogP contribution in [0.4, 0.5) is 5.69 Å². The molecule has 0 amide bonds. The molecule has 1 aliphatic heterocycles. The van der Waals surface area contributed by atoms with Gasteiger partial charge in [0.25, 0.3) is 0 Å². The molecule has 1 fully saturated rings. The molecule has 120 valence electrons. The van der Waals surface area contributed by atoms with E-state index in [0.717, 1.165) is 11.2 Å². The fraction of sp³-hybridized carbons (Fsp3) is 0.500. The van der Waals surface area contributed by atoms with Crippen LogP contribution in [0.15, 0.2) is 24.8 Å². The molecule has 2 aromatic heterocycles. The van der Waals surface area contributed by atoms with Crippen molar-refractivity contribution in [1.29, 1.82) is 0 Å². The molecule has 0 N–H and O–H groups in total. The predicted molar refractivity (Wildman–Crippen MR) is 88.0 cm³/mol. The average Bonchev–Trinajstić information content (AvgIpc) is 2.82. The number of hydrogen-bond donors (Lipinski definition) is 0. The van der Waals surface area contributed by atoms with E-state index in [1.807, 2.05) is 30.5 Å². The van der Waals surface area contributed by atoms with Gasteiger partial charge in [-0.1, -0.05) is 11.6 Å². The predicted octanol–water partition coefficient (Wildman–Crippen LogP) is 1.85. The molecule has 6 nitrogen and oxygen atoms in total. The van der Waals surface area contributed by atoms with Crippen molar-refractivity contribution in [1.82, 2.24) is 13.7 Å². The molecule has 0 bridgehead atoms. The number of sulfonamides is 1. The van der Waals surface area contributed by atoms with Crippen molar-refractivity contribution >= 4 is 32.8 Å². The summed E-state index contributed by atoms with van der Waals surface area (Å²) in [5, 5.41) is 0.629. The van der Waals surface area contributed by atoms with Gasteiger partial charge in [0.2, 0.25) is 10.0 Å². The van der Waals surface area contributed by atoms with Gasteiger partial charge in [-0.05, 0) is 19.9 Å². The Kier molecular flexibility index (Phi) is 3.62. The molecule has 3 rings (SSSR count). The van der Waals surface area contributed by atoms with Crippen LogP contribution in [-0.4, -0.2) is 53.5 Å². The molecule has 1 aliphatic rings. The maximum absolute atomic E-state index is 11.9. The molecule has 3 heterocycles. The summed E-state index contributed by atoms with van der Waals surface area (Å²) >= 11 is 6.19. The van der Waals surface area contributed by atoms with Crippen LogP contribution in [0, 0.1) is 0 Å². The van der Waals surface area contributed by atoms with Crippen molar-refractivity contribution in [3.8, 4) is 0 Å². The van der Waals surface area contributed by atoms with Crippen molar-refractivity contribution in [3.63, 3.8) is 0 Å². The molecule has 0 radical (unpaired) electrons. The van der Waals surface area contributed by atoms with Gasteiger partial charge in [0.05, 0.1) is 35.0 Å². The van der Waals surface area contributed by atoms with Gasteiger partial charge in [0.15, 0.2) is 0 Å². The van der Waals surface area contributed by atoms with Gasteiger partial charge in [-0.15, -0.1) is 0 Å². The Balaban J connectivity index is 1.99. The first-order chi connectivity index (χ1) is 10.2. The Hall–Kier alpha value is -1.31. The highest BCUT2D eigenvalue weighted by atomic mass is 35.5. The zero-order valence-corrected chi connectivity index (χ0v) is 14.4. The lowest BCUT2D eigenvalue weighted by atomic mass is 10.0. The third kappa shape index (κ3) is 2.68. The second-order valence-electron chi connectivity index (χ2n) is 6.30. The summed E-state index contributed by atoms with van der Waals surface area (Å²) in [4.78, 5) is 6.33. The highest BCUT2D eigenvalue weighted by Gasteiger charge is 2.39. The molecular formula is C14H19ClN4O2S. The van der Waals surface area contributed by atoms with Crippen LogP contribution in [0.25, 0.3) is 5.52 Å². The minimum absolute atomic E-state index is 0.457. The quantitative estimate of drug-likeness (QED) is 0.835. The third-order valence-corrected chi connectivity index (χ3v) is 5.72. The monoisotopic (exact) mass is 342 g/mol. The summed E-state index contributed by atoms with van der Waals surface area (Å²) < 4.78 is 27.3. The summed E-state index contributed by atoms with van der Waals surface area (Å²) in [6, 6.07) is 1.91. The van der Waals surface area contributed by atoms with E-state index in [-0.39, 0.29) is 0 Å². The number of pyridine rings is 1. The van der Waals surface area contributed by atoms with Crippen LogP contribution in [-0.2, 0) is 10.0 Å². The van der Waals surface area contributed by atoms with E-state index < -0.39 is 15.6 Å². The highest BCUT2D eigenvalue weighted by Crippen LogP contribution is 2.31. The average molecular weight is 343 g/mol. The molecule has 8 heteroatoms. The number of imidazole rings is 1. The molecule has 1 saturated heterocycles. The Morgan fingerprint density at radius 1 is 1.32 bits per heavy atom. The molecule has 0 atom stereocenters. The van der Waals surface area contributed by atoms with Gasteiger partial charge < -0.3 is 9.30 Å². The zero-order chi connectivity index (χ0) is 16.1. The van der Waals surface area contributed by atoms with Crippen LogP contribution in [0.1, 0.15) is 13.8 Å². The topological polar surface area (TPSA) is 57.9 Å². The van der Waals surface area contributed by atoms with E-state index in [1.165, 1.54) is 6.26 Å². The Labute approximate surface area is 135 Å². The van der Waals surface area contributed by atoms with E-state index in [1.54, 1.807) is 16.8 Å². The van der Waals surface area contributed by atoms with Crippen molar-refractivity contribution < 1.29 is 8.42 Å². The number of rotatable bonds is 2. The molecule has 0 unspecified atom stereocenters. The summed E-state index contributed by atoms with van der Waals surface area (Å²) in [6.45, 7) is 5.56. The van der Waals surface area contributed by atoms with E-state index in [4.69, 9.17) is 11.6 Å². The second-order valence-corrected chi connectivity index (χ2v) is 8.64. The number of nitrogens with zero attached hydrogens (tertiary/aromatic N) is 4. The first-order valence-corrected chi connectivity index (χ1v) is 9.25. The molecule has 0 spiro atoms. The maximum atomic E-state index is 11.9. The smallest absolute Gasteiger partial charge is 0.211 e. The number of piperazine rings is 1. The number of aromatic nitrogens is 2. The number of fused-ring (bicyclic) bond motifs is 1. The maximum Gasteiger partial charge on any atom is 0.211 e. The van der Waals surface area contributed by atoms with Gasteiger partial charge in [-0.3, -0.25) is 0 Å². The van der Waals surface area contributed by atoms with Gasteiger partial charge in [-0.2, -0.15) is 4.31 Å². The van der Waals surface area contributed by atoms with E-state index in [0.29, 0.717) is 24.7 Å². The van der Waals surface area contributed by atoms with Crippen molar-refractivity contribution in [3.05, 3.63) is 29.8 Å². The highest BCUT2D eigenvalue weighted by molar-refractivity contribution is 7.88. The first kappa shape index (κ1) is 15.6. The van der Waals surface area contributed by atoms with Crippen LogP contribution in [0.5, 0.6) is 0 Å². The zero-order valence-electron chi connectivity index (χ0n) is 12.8. The Morgan fingerprint density at radius 3 is 2.68 bits per heavy atom. The van der Waals surface area contributed by atoms with E-state index in [2.05, 4.69) is 9.88 Å². The van der Waals surface area contributed by atoms with Crippen LogP contribution in [0.2, 0.25) is 5.02 Å². The minimum atomic E-state index is -3.22. The Bertz CT molecular complexity index is 815. The molecule has 2 aromatic rings. The summed E-state index contributed by atoms with van der Waals surface area (Å²) in [6.07, 6.45) is 6.58. The van der Waals surface area contributed by atoms with Crippen LogP contribution < -0.4 is 4.90 Å². The second kappa shape index (κ2) is 5.11. The molecule has 0 aliphatic carbocycles. The van der Waals surface area contributed by atoms with Crippen LogP contribution in [0.3, 0.4) is 0 Å². The fourth-order valence-electron chi connectivity index (χ4n) is 3.19. The van der Waals surface area contributed by atoms with Crippen molar-refractivity contribution in [2.45, 2.75) is 19.4 Å². The van der Waals surface area contributed by atoms with Crippen molar-refractivity contribution in [2.24, 2.45) is 0 Å². The standard InChI is InChI=1S/C14H19ClN4O2S/c1-14(2)9-17(4-5-19(14)22(3,20)21)12-6-11(15)8-18-10-16-7-13(12)18/h6-8,10H,4-5,9H2,1-3H3. The summed E-state index contributed by atoms with van der Waals surface area (Å²) in [7, 11) is -3.22. The van der Waals surface area contributed by atoms with Gasteiger partial charge in [0, 0.05) is 31.4 Å². The first-order valence-electron chi connectivity index (χ1n) is 7.02. The molecule has 0 aromatic carbocycles. The number of hydrogen-bond acceptors (Lipinski definition) is 4. The van der Waals surface area contributed by atoms with E-state index >= 15 is 0 Å². The molecule has 0 saturated carbocycles. The summed E-state index contributed by atoms with van der Waals surface area (Å²) in [5.74, 6) is 0. The number of anilines is 1. The summed E-state index contributed by atoms with van der Waals surface area (Å²) in [5.41, 5.74) is 1.46. The van der Waals surface area contributed by atoms with Crippen molar-refractivity contribution in [2.75, 3.05) is 30.8 Å². The molecule has 22 heavy (non-hydrogen) atoms. The van der Waals surface area contributed by atoms with Crippen LogP contribution >= 0.6 is 11.6 Å². The fourth-order valence-corrected chi connectivity index (χ4v) is 4.77. The van der Waals surface area contributed by atoms with Gasteiger partial charge in [0.1, 0.15) is 0 Å². The van der Waals surface area contributed by atoms with Gasteiger partial charge in [-0.25, -0.2) is 13.4 Å². The largest absolute Gasteiger partial charge is 0.367 e.